The van der Waals surface area contributed by atoms with E-state index in [2.05, 4.69) is 5.10 Å². The van der Waals surface area contributed by atoms with Crippen LogP contribution in [0.4, 0.5) is 10.5 Å². The molecule has 0 bridgehead atoms. The van der Waals surface area contributed by atoms with Gasteiger partial charge < -0.3 is 14.9 Å². The first-order valence-corrected chi connectivity index (χ1v) is 11.8. The summed E-state index contributed by atoms with van der Waals surface area (Å²) >= 11 is 0. The van der Waals surface area contributed by atoms with Crippen molar-refractivity contribution in [3.63, 3.8) is 0 Å². The van der Waals surface area contributed by atoms with Gasteiger partial charge in [0.05, 0.1) is 31.3 Å². The molecule has 11 heteroatoms. The van der Waals surface area contributed by atoms with Crippen molar-refractivity contribution in [2.24, 2.45) is 0 Å². The number of hydrogen-bond acceptors (Lipinski definition) is 6. The molecule has 0 saturated heterocycles. The number of carboxylic acid groups (broad SMARTS) is 1. The van der Waals surface area contributed by atoms with Gasteiger partial charge in [0.1, 0.15) is 12.4 Å². The summed E-state index contributed by atoms with van der Waals surface area (Å²) in [5, 5.41) is 23.1. The van der Waals surface area contributed by atoms with Crippen molar-refractivity contribution in [3.05, 3.63) is 30.1 Å². The Balaban J connectivity index is 2.01. The number of aliphatic hydroxyl groups excluding tert-OH is 1. The minimum absolute atomic E-state index is 0.0437. The molecule has 0 saturated carbocycles. The van der Waals surface area contributed by atoms with Gasteiger partial charge in [-0.3, -0.25) is 9.58 Å². The molecule has 1 aromatic carbocycles. The maximum atomic E-state index is 11.9. The maximum Gasteiger partial charge on any atom is 0.412 e. The average Bonchev–Trinajstić information content (AvgIpc) is 3.15. The number of ether oxygens (including phenoxy) is 1. The van der Waals surface area contributed by atoms with E-state index in [-0.39, 0.29) is 25.8 Å². The van der Waals surface area contributed by atoms with Crippen molar-refractivity contribution in [2.45, 2.75) is 32.4 Å². The van der Waals surface area contributed by atoms with Crippen molar-refractivity contribution in [1.82, 2.24) is 14.1 Å². The molecule has 1 aliphatic heterocycles. The number of sulfonamides is 1. The number of anilines is 1. The molecule has 1 aliphatic rings. The Bertz CT molecular complexity index is 1050. The highest BCUT2D eigenvalue weighted by molar-refractivity contribution is 7.88. The highest BCUT2D eigenvalue weighted by Gasteiger charge is 2.31. The number of rotatable bonds is 8. The van der Waals surface area contributed by atoms with Gasteiger partial charge in [-0.25, -0.2) is 17.5 Å². The third kappa shape index (κ3) is 5.00. The van der Waals surface area contributed by atoms with Crippen molar-refractivity contribution < 1.29 is 28.2 Å². The first-order chi connectivity index (χ1) is 14.6. The minimum atomic E-state index is -3.34. The molecule has 2 aromatic rings. The fourth-order valence-corrected chi connectivity index (χ4v) is 4.06. The molecule has 0 spiro atoms. The van der Waals surface area contributed by atoms with Crippen molar-refractivity contribution in [1.29, 1.82) is 0 Å². The van der Waals surface area contributed by atoms with Crippen molar-refractivity contribution in [3.8, 4) is 16.9 Å². The van der Waals surface area contributed by atoms with Crippen molar-refractivity contribution >= 4 is 21.8 Å². The number of likely N-dealkylation sites (N-methyl/N-ethyl adjacent to an activating group) is 1. The number of fused-ring (bicyclic) bond motifs is 1. The highest BCUT2D eigenvalue weighted by Crippen LogP contribution is 2.43. The van der Waals surface area contributed by atoms with Gasteiger partial charge >= 0.3 is 6.09 Å². The molecule has 170 valence electrons. The summed E-state index contributed by atoms with van der Waals surface area (Å²) in [5.74, 6) is 0.529. The van der Waals surface area contributed by atoms with E-state index in [1.54, 1.807) is 29.2 Å². The average molecular weight is 453 g/mol. The van der Waals surface area contributed by atoms with E-state index in [0.717, 1.165) is 22.9 Å². The number of hydrogen-bond donors (Lipinski definition) is 2. The molecular weight excluding hydrogens is 424 g/mol. The molecule has 0 unspecified atom stereocenters. The molecule has 0 radical (unpaired) electrons. The SMILES string of the molecule is C[C@H]1CCc2c(ccc(-c3cnn(CCO)c3)c2OCCN(C)S(C)(=O)=O)N1C(=O)O. The molecule has 0 fully saturated rings. The Morgan fingerprint density at radius 3 is 2.77 bits per heavy atom. The Morgan fingerprint density at radius 2 is 2.13 bits per heavy atom. The lowest BCUT2D eigenvalue weighted by atomic mass is 9.92. The zero-order valence-electron chi connectivity index (χ0n) is 17.9. The van der Waals surface area contributed by atoms with Crippen LogP contribution in [0, 0.1) is 0 Å². The van der Waals surface area contributed by atoms with Crippen LogP contribution >= 0.6 is 0 Å². The summed E-state index contributed by atoms with van der Waals surface area (Å²) in [6, 6.07) is 3.41. The minimum Gasteiger partial charge on any atom is -0.491 e. The molecule has 1 aromatic heterocycles. The van der Waals surface area contributed by atoms with E-state index >= 15 is 0 Å². The predicted molar refractivity (Wildman–Crippen MR) is 116 cm³/mol. The molecule has 3 rings (SSSR count). The number of aromatic nitrogens is 2. The lowest BCUT2D eigenvalue weighted by Gasteiger charge is -2.34. The van der Waals surface area contributed by atoms with Gasteiger partial charge in [0, 0.05) is 42.5 Å². The molecule has 0 aliphatic carbocycles. The second-order valence-electron chi connectivity index (χ2n) is 7.63. The number of nitrogens with zero attached hydrogens (tertiary/aromatic N) is 4. The molecule has 1 atom stereocenters. The summed E-state index contributed by atoms with van der Waals surface area (Å²) in [6.07, 6.45) is 4.83. The standard InChI is InChI=1S/C20H28N4O6S/c1-14-4-5-17-18(24(14)20(26)27)7-6-16(15-12-21-23(13-15)8-10-25)19(17)30-11-9-22(2)31(3,28)29/h6-7,12-14,25H,4-5,8-11H2,1-3H3,(H,26,27)/t14-/m0/s1. The van der Waals surface area contributed by atoms with Crippen molar-refractivity contribution in [2.75, 3.05) is 38.0 Å². The topological polar surface area (TPSA) is 125 Å². The smallest absolute Gasteiger partial charge is 0.412 e. The van der Waals surface area contributed by atoms with Gasteiger partial charge in [-0.05, 0) is 31.9 Å². The molecular formula is C20H28N4O6S. The second kappa shape index (κ2) is 9.25. The van der Waals surface area contributed by atoms with E-state index in [9.17, 15) is 18.3 Å². The molecule has 2 N–H and O–H groups in total. The van der Waals surface area contributed by atoms with Gasteiger partial charge in [0.15, 0.2) is 0 Å². The first kappa shape index (κ1) is 23.0. The van der Waals surface area contributed by atoms with Gasteiger partial charge in [-0.2, -0.15) is 5.10 Å². The third-order valence-corrected chi connectivity index (χ3v) is 6.76. The largest absolute Gasteiger partial charge is 0.491 e. The molecule has 10 nitrogen and oxygen atoms in total. The predicted octanol–water partition coefficient (Wildman–Crippen LogP) is 1.63. The van der Waals surface area contributed by atoms with E-state index in [0.29, 0.717) is 30.8 Å². The molecule has 2 heterocycles. The molecule has 1 amide bonds. The number of carbonyl (C=O) groups is 1. The Morgan fingerprint density at radius 1 is 1.39 bits per heavy atom. The van der Waals surface area contributed by atoms with Crippen LogP contribution in [0.3, 0.4) is 0 Å². The number of amides is 1. The second-order valence-corrected chi connectivity index (χ2v) is 9.72. The van der Waals surface area contributed by atoms with Gasteiger partial charge in [-0.15, -0.1) is 0 Å². The lowest BCUT2D eigenvalue weighted by Crippen LogP contribution is -2.41. The van der Waals surface area contributed by atoms with Crippen LogP contribution in [0.2, 0.25) is 0 Å². The quantitative estimate of drug-likeness (QED) is 0.624. The van der Waals surface area contributed by atoms with Crippen LogP contribution < -0.4 is 9.64 Å². The first-order valence-electron chi connectivity index (χ1n) is 9.99. The Kier molecular flexibility index (Phi) is 6.87. The fourth-order valence-electron chi connectivity index (χ4n) is 3.66. The normalized spacial score (nSPS) is 16.4. The summed E-state index contributed by atoms with van der Waals surface area (Å²) in [6.45, 7) is 2.44. The summed E-state index contributed by atoms with van der Waals surface area (Å²) in [4.78, 5) is 13.2. The van der Waals surface area contributed by atoms with E-state index in [1.807, 2.05) is 6.92 Å². The zero-order chi connectivity index (χ0) is 22.8. The van der Waals surface area contributed by atoms with Gasteiger partial charge in [0.25, 0.3) is 0 Å². The van der Waals surface area contributed by atoms with Crippen LogP contribution in [0.1, 0.15) is 18.9 Å². The maximum absolute atomic E-state index is 11.9. The summed E-state index contributed by atoms with van der Waals surface area (Å²) in [5.41, 5.74) is 2.85. The Labute approximate surface area is 181 Å². The van der Waals surface area contributed by atoms with Crippen LogP contribution in [-0.2, 0) is 23.0 Å². The fraction of sp³-hybridized carbons (Fsp3) is 0.500. The number of benzene rings is 1. The van der Waals surface area contributed by atoms with Crippen LogP contribution in [-0.4, -0.2) is 77.9 Å². The highest BCUT2D eigenvalue weighted by atomic mass is 32.2. The lowest BCUT2D eigenvalue weighted by molar-refractivity contribution is 0.198. The number of aliphatic hydroxyl groups is 1. The van der Waals surface area contributed by atoms with E-state index < -0.39 is 16.1 Å². The van der Waals surface area contributed by atoms with Gasteiger partial charge in [-0.1, -0.05) is 0 Å². The van der Waals surface area contributed by atoms with Crippen LogP contribution in [0.25, 0.3) is 11.1 Å². The van der Waals surface area contributed by atoms with Crippen LogP contribution in [0.5, 0.6) is 5.75 Å². The van der Waals surface area contributed by atoms with Crippen LogP contribution in [0.15, 0.2) is 24.5 Å². The zero-order valence-corrected chi connectivity index (χ0v) is 18.7. The summed E-state index contributed by atoms with van der Waals surface area (Å²) in [7, 11) is -1.86. The van der Waals surface area contributed by atoms with E-state index in [4.69, 9.17) is 9.84 Å². The Hall–Kier alpha value is -2.63. The van der Waals surface area contributed by atoms with Gasteiger partial charge in [0.2, 0.25) is 10.0 Å². The summed E-state index contributed by atoms with van der Waals surface area (Å²) < 4.78 is 32.3. The van der Waals surface area contributed by atoms with E-state index in [1.165, 1.54) is 16.3 Å². The monoisotopic (exact) mass is 452 g/mol. The third-order valence-electron chi connectivity index (χ3n) is 5.45. The molecule has 31 heavy (non-hydrogen) atoms.